The zero-order valence-electron chi connectivity index (χ0n) is 10.4. The summed E-state index contributed by atoms with van der Waals surface area (Å²) in [6.45, 7) is 2.77. The molecule has 0 atom stereocenters. The maximum absolute atomic E-state index is 8.78. The topological polar surface area (TPSA) is 60.2 Å². The predicted octanol–water partition coefficient (Wildman–Crippen LogP) is 1.59. The predicted molar refractivity (Wildman–Crippen MR) is 67.9 cm³/mol. The number of benzene rings is 1. The summed E-state index contributed by atoms with van der Waals surface area (Å²) in [4.78, 5) is 0. The maximum Gasteiger partial charge on any atom is 0.121 e. The monoisotopic (exact) mass is 247 g/mol. The molecular weight excluding hydrogens is 230 g/mol. The van der Waals surface area contributed by atoms with E-state index in [-0.39, 0.29) is 6.61 Å². The number of hydrogen-bond acceptors (Lipinski definition) is 4. The molecule has 2 aromatic rings. The molecule has 0 aliphatic heterocycles. The van der Waals surface area contributed by atoms with Crippen molar-refractivity contribution in [3.63, 3.8) is 0 Å². The van der Waals surface area contributed by atoms with Gasteiger partial charge in [0.25, 0.3) is 0 Å². The Morgan fingerprint density at radius 2 is 2.28 bits per heavy atom. The quantitative estimate of drug-likeness (QED) is 0.842. The van der Waals surface area contributed by atoms with Crippen LogP contribution in [0, 0.1) is 0 Å². The van der Waals surface area contributed by atoms with E-state index in [1.165, 1.54) is 0 Å². The van der Waals surface area contributed by atoms with E-state index in [0.29, 0.717) is 13.0 Å². The summed E-state index contributed by atoms with van der Waals surface area (Å²) >= 11 is 0. The number of aromatic nitrogens is 3. The fraction of sp³-hybridized carbons (Fsp3) is 0.385. The Kier molecular flexibility index (Phi) is 4.30. The number of hydrogen-bond donors (Lipinski definition) is 1. The Bertz CT molecular complexity index is 496. The third-order valence-corrected chi connectivity index (χ3v) is 2.53. The Morgan fingerprint density at radius 3 is 3.06 bits per heavy atom. The van der Waals surface area contributed by atoms with Crippen LogP contribution in [0.15, 0.2) is 30.5 Å². The van der Waals surface area contributed by atoms with Gasteiger partial charge in [0.05, 0.1) is 24.2 Å². The molecule has 2 rings (SSSR count). The molecule has 0 aliphatic carbocycles. The van der Waals surface area contributed by atoms with Gasteiger partial charge in [-0.3, -0.25) is 0 Å². The van der Waals surface area contributed by atoms with Crippen LogP contribution in [-0.4, -0.2) is 33.3 Å². The van der Waals surface area contributed by atoms with Crippen LogP contribution in [0.5, 0.6) is 5.75 Å². The van der Waals surface area contributed by atoms with Gasteiger partial charge in [0.15, 0.2) is 0 Å². The molecule has 0 amide bonds. The van der Waals surface area contributed by atoms with Crippen LogP contribution in [0.3, 0.4) is 0 Å². The average Bonchev–Trinajstić information content (AvgIpc) is 2.86. The summed E-state index contributed by atoms with van der Waals surface area (Å²) < 4.78 is 7.16. The van der Waals surface area contributed by atoms with Gasteiger partial charge in [-0.25, -0.2) is 4.68 Å². The van der Waals surface area contributed by atoms with E-state index in [1.807, 2.05) is 37.4 Å². The molecule has 18 heavy (non-hydrogen) atoms. The van der Waals surface area contributed by atoms with Gasteiger partial charge in [-0.2, -0.15) is 0 Å². The molecule has 1 aromatic heterocycles. The molecule has 0 fully saturated rings. The number of nitrogens with zero attached hydrogens (tertiary/aromatic N) is 3. The first-order chi connectivity index (χ1) is 8.83. The van der Waals surface area contributed by atoms with Crippen molar-refractivity contribution in [2.24, 2.45) is 0 Å². The highest BCUT2D eigenvalue weighted by Gasteiger charge is 2.03. The van der Waals surface area contributed by atoms with Crippen molar-refractivity contribution in [1.29, 1.82) is 0 Å². The van der Waals surface area contributed by atoms with Gasteiger partial charge < -0.3 is 9.84 Å². The Hall–Kier alpha value is -1.88. The zero-order chi connectivity index (χ0) is 12.8. The second kappa shape index (κ2) is 6.16. The summed E-state index contributed by atoms with van der Waals surface area (Å²) in [6.07, 6.45) is 3.32. The number of ether oxygens (including phenoxy) is 1. The Morgan fingerprint density at radius 1 is 1.39 bits per heavy atom. The standard InChI is InChI=1S/C13H17N3O2/c1-2-18-13-7-3-6-12(9-13)16-10-11(14-15-16)5-4-8-17/h3,6-7,9-10,17H,2,4-5,8H2,1H3. The van der Waals surface area contributed by atoms with E-state index >= 15 is 0 Å². The molecule has 0 radical (unpaired) electrons. The van der Waals surface area contributed by atoms with E-state index in [1.54, 1.807) is 4.68 Å². The normalized spacial score (nSPS) is 10.6. The van der Waals surface area contributed by atoms with Gasteiger partial charge in [-0.15, -0.1) is 5.10 Å². The minimum Gasteiger partial charge on any atom is -0.494 e. The minimum absolute atomic E-state index is 0.173. The van der Waals surface area contributed by atoms with Crippen molar-refractivity contribution < 1.29 is 9.84 Å². The summed E-state index contributed by atoms with van der Waals surface area (Å²) in [6, 6.07) is 7.72. The number of aliphatic hydroxyl groups excluding tert-OH is 1. The first-order valence-electron chi connectivity index (χ1n) is 6.09. The maximum atomic E-state index is 8.78. The lowest BCUT2D eigenvalue weighted by molar-refractivity contribution is 0.288. The molecule has 5 nitrogen and oxygen atoms in total. The van der Waals surface area contributed by atoms with Crippen molar-refractivity contribution in [2.75, 3.05) is 13.2 Å². The van der Waals surface area contributed by atoms with Crippen LogP contribution in [0.2, 0.25) is 0 Å². The van der Waals surface area contributed by atoms with Gasteiger partial charge in [-0.05, 0) is 31.9 Å². The summed E-state index contributed by atoms with van der Waals surface area (Å²) in [5.74, 6) is 0.822. The first-order valence-corrected chi connectivity index (χ1v) is 6.09. The van der Waals surface area contributed by atoms with Gasteiger partial charge >= 0.3 is 0 Å². The molecule has 0 saturated carbocycles. The van der Waals surface area contributed by atoms with Crippen LogP contribution >= 0.6 is 0 Å². The van der Waals surface area contributed by atoms with E-state index in [9.17, 15) is 0 Å². The number of aryl methyl sites for hydroxylation is 1. The van der Waals surface area contributed by atoms with Gasteiger partial charge in [0.1, 0.15) is 5.75 Å². The second-order valence-electron chi connectivity index (χ2n) is 3.91. The van der Waals surface area contributed by atoms with Crippen molar-refractivity contribution in [3.8, 4) is 11.4 Å². The lowest BCUT2D eigenvalue weighted by Gasteiger charge is -2.05. The summed E-state index contributed by atoms with van der Waals surface area (Å²) in [5.41, 5.74) is 1.80. The Balaban J connectivity index is 2.15. The van der Waals surface area contributed by atoms with Crippen LogP contribution in [0.4, 0.5) is 0 Å². The van der Waals surface area contributed by atoms with Crippen molar-refractivity contribution in [2.45, 2.75) is 19.8 Å². The highest BCUT2D eigenvalue weighted by molar-refractivity contribution is 5.38. The highest BCUT2D eigenvalue weighted by atomic mass is 16.5. The molecule has 0 bridgehead atoms. The van der Waals surface area contributed by atoms with Crippen molar-refractivity contribution >= 4 is 0 Å². The molecule has 0 aliphatic rings. The fourth-order valence-electron chi connectivity index (χ4n) is 1.68. The lowest BCUT2D eigenvalue weighted by Crippen LogP contribution is -1.97. The zero-order valence-corrected chi connectivity index (χ0v) is 10.4. The Labute approximate surface area is 106 Å². The van der Waals surface area contributed by atoms with Crippen LogP contribution in [0.1, 0.15) is 19.0 Å². The fourth-order valence-corrected chi connectivity index (χ4v) is 1.68. The largest absolute Gasteiger partial charge is 0.494 e. The molecule has 1 aromatic carbocycles. The van der Waals surface area contributed by atoms with Gasteiger partial charge in [0.2, 0.25) is 0 Å². The third kappa shape index (κ3) is 3.07. The molecule has 0 saturated heterocycles. The first kappa shape index (κ1) is 12.6. The molecule has 5 heteroatoms. The van der Waals surface area contributed by atoms with E-state index in [4.69, 9.17) is 9.84 Å². The van der Waals surface area contributed by atoms with Gasteiger partial charge in [-0.1, -0.05) is 11.3 Å². The van der Waals surface area contributed by atoms with Crippen molar-refractivity contribution in [3.05, 3.63) is 36.2 Å². The molecular formula is C13H17N3O2. The average molecular weight is 247 g/mol. The highest BCUT2D eigenvalue weighted by Crippen LogP contribution is 2.16. The molecule has 1 heterocycles. The van der Waals surface area contributed by atoms with Crippen molar-refractivity contribution in [1.82, 2.24) is 15.0 Å². The van der Waals surface area contributed by atoms with Crippen LogP contribution in [-0.2, 0) is 6.42 Å². The number of aliphatic hydroxyl groups is 1. The van der Waals surface area contributed by atoms with Crippen LogP contribution < -0.4 is 4.74 Å². The molecule has 0 spiro atoms. The number of rotatable bonds is 6. The summed E-state index contributed by atoms with van der Waals surface area (Å²) in [5, 5.41) is 16.9. The van der Waals surface area contributed by atoms with E-state index in [0.717, 1.165) is 23.6 Å². The smallest absolute Gasteiger partial charge is 0.121 e. The third-order valence-electron chi connectivity index (χ3n) is 2.53. The van der Waals surface area contributed by atoms with Gasteiger partial charge in [0, 0.05) is 12.7 Å². The lowest BCUT2D eigenvalue weighted by atomic mass is 10.2. The summed E-state index contributed by atoms with van der Waals surface area (Å²) in [7, 11) is 0. The SMILES string of the molecule is CCOc1cccc(-n2cc(CCCO)nn2)c1. The molecule has 96 valence electrons. The molecule has 0 unspecified atom stereocenters. The van der Waals surface area contributed by atoms with Crippen LogP contribution in [0.25, 0.3) is 5.69 Å². The molecule has 1 N–H and O–H groups in total. The minimum atomic E-state index is 0.173. The van der Waals surface area contributed by atoms with E-state index in [2.05, 4.69) is 10.3 Å². The second-order valence-corrected chi connectivity index (χ2v) is 3.91. The van der Waals surface area contributed by atoms with E-state index < -0.39 is 0 Å².